The molecule has 2 aromatic rings. The first-order valence-corrected chi connectivity index (χ1v) is 11.1. The third kappa shape index (κ3) is 4.38. The van der Waals surface area contributed by atoms with Gasteiger partial charge in [0.15, 0.2) is 0 Å². The summed E-state index contributed by atoms with van der Waals surface area (Å²) in [5, 5.41) is 0. The zero-order valence-corrected chi connectivity index (χ0v) is 17.7. The van der Waals surface area contributed by atoms with Gasteiger partial charge in [0.1, 0.15) is 0 Å². The Bertz CT molecular complexity index is 958. The molecule has 28 heavy (non-hydrogen) atoms. The van der Waals surface area contributed by atoms with E-state index in [1.807, 2.05) is 30.9 Å². The summed E-state index contributed by atoms with van der Waals surface area (Å²) in [7, 11) is -3.71. The fourth-order valence-corrected chi connectivity index (χ4v) is 4.98. The molecule has 2 aromatic carbocycles. The van der Waals surface area contributed by atoms with E-state index in [2.05, 4.69) is 18.6 Å². The van der Waals surface area contributed by atoms with E-state index in [1.165, 1.54) is 12.1 Å². The molecule has 1 heterocycles. The second-order valence-corrected chi connectivity index (χ2v) is 9.72. The van der Waals surface area contributed by atoms with Crippen molar-refractivity contribution in [1.29, 1.82) is 0 Å². The van der Waals surface area contributed by atoms with Crippen molar-refractivity contribution >= 4 is 21.6 Å². The van der Waals surface area contributed by atoms with Crippen LogP contribution in [0.1, 0.15) is 41.8 Å². The van der Waals surface area contributed by atoms with Gasteiger partial charge >= 0.3 is 0 Å². The minimum absolute atomic E-state index is 0.0372. The lowest BCUT2D eigenvalue weighted by Gasteiger charge is -2.35. The Labute approximate surface area is 167 Å². The largest absolute Gasteiger partial charge is 0.338 e. The van der Waals surface area contributed by atoms with Gasteiger partial charge in [-0.3, -0.25) is 9.52 Å². The Morgan fingerprint density at radius 3 is 2.21 bits per heavy atom. The van der Waals surface area contributed by atoms with Gasteiger partial charge in [0, 0.05) is 18.7 Å². The molecule has 0 spiro atoms. The second kappa shape index (κ2) is 7.95. The number of amides is 1. The van der Waals surface area contributed by atoms with Crippen molar-refractivity contribution in [2.45, 2.75) is 39.0 Å². The van der Waals surface area contributed by atoms with Crippen LogP contribution in [-0.4, -0.2) is 32.3 Å². The fraction of sp³-hybridized carbons (Fsp3) is 0.409. The Hall–Kier alpha value is -2.34. The molecule has 0 aromatic heterocycles. The summed E-state index contributed by atoms with van der Waals surface area (Å²) in [6.07, 6.45) is 1.13. The van der Waals surface area contributed by atoms with E-state index < -0.39 is 10.0 Å². The predicted molar refractivity (Wildman–Crippen MR) is 112 cm³/mol. The van der Waals surface area contributed by atoms with Crippen molar-refractivity contribution in [3.05, 3.63) is 59.2 Å². The number of piperidine rings is 1. The molecule has 0 aliphatic carbocycles. The van der Waals surface area contributed by atoms with E-state index in [1.54, 1.807) is 18.2 Å². The SMILES string of the molecule is Cc1cccc(NS(=O)(=O)c2ccc(C(=O)N3CC(C)CC(C)C3)cc2)c1C. The maximum absolute atomic E-state index is 12.8. The van der Waals surface area contributed by atoms with Gasteiger partial charge in [0.2, 0.25) is 0 Å². The standard InChI is InChI=1S/C22H28N2O3S/c1-15-12-16(2)14-24(13-15)22(25)19-8-10-20(11-9-19)28(26,27)23-21-7-5-6-17(3)18(21)4/h5-11,15-16,23H,12-14H2,1-4H3. The quantitative estimate of drug-likeness (QED) is 0.835. The first-order valence-electron chi connectivity index (χ1n) is 9.65. The van der Waals surface area contributed by atoms with Crippen LogP contribution < -0.4 is 4.72 Å². The predicted octanol–water partition coefficient (Wildman–Crippen LogP) is 4.22. The number of rotatable bonds is 4. The average molecular weight is 401 g/mol. The molecule has 2 atom stereocenters. The third-order valence-electron chi connectivity index (χ3n) is 5.42. The van der Waals surface area contributed by atoms with Gasteiger partial charge in [-0.15, -0.1) is 0 Å². The first kappa shape index (κ1) is 20.4. The maximum atomic E-state index is 12.8. The Balaban J connectivity index is 1.78. The Kier molecular flexibility index (Phi) is 5.79. The molecule has 0 radical (unpaired) electrons. The van der Waals surface area contributed by atoms with Gasteiger partial charge in [-0.2, -0.15) is 0 Å². The van der Waals surface area contributed by atoms with E-state index in [4.69, 9.17) is 0 Å². The van der Waals surface area contributed by atoms with Gasteiger partial charge in [-0.1, -0.05) is 26.0 Å². The first-order chi connectivity index (χ1) is 13.2. The Morgan fingerprint density at radius 2 is 1.61 bits per heavy atom. The van der Waals surface area contributed by atoms with Crippen LogP contribution in [0.2, 0.25) is 0 Å². The zero-order valence-electron chi connectivity index (χ0n) is 16.9. The topological polar surface area (TPSA) is 66.5 Å². The van der Waals surface area contributed by atoms with Crippen molar-refractivity contribution in [2.75, 3.05) is 17.8 Å². The van der Waals surface area contributed by atoms with E-state index in [9.17, 15) is 13.2 Å². The zero-order chi connectivity index (χ0) is 20.5. The number of benzene rings is 2. The molecule has 1 aliphatic heterocycles. The van der Waals surface area contributed by atoms with Crippen LogP contribution in [0.4, 0.5) is 5.69 Å². The molecule has 0 bridgehead atoms. The smallest absolute Gasteiger partial charge is 0.261 e. The lowest BCUT2D eigenvalue weighted by atomic mass is 9.91. The molecule has 150 valence electrons. The summed E-state index contributed by atoms with van der Waals surface area (Å²) in [5.74, 6) is 0.924. The number of sulfonamides is 1. The lowest BCUT2D eigenvalue weighted by Crippen LogP contribution is -2.42. The monoisotopic (exact) mass is 400 g/mol. The highest BCUT2D eigenvalue weighted by Gasteiger charge is 2.26. The molecule has 1 aliphatic rings. The summed E-state index contributed by atoms with van der Waals surface area (Å²) < 4.78 is 28.1. The molecule has 1 saturated heterocycles. The van der Waals surface area contributed by atoms with Crippen LogP contribution in [0.3, 0.4) is 0 Å². The van der Waals surface area contributed by atoms with E-state index in [0.717, 1.165) is 30.6 Å². The number of nitrogens with zero attached hydrogens (tertiary/aromatic N) is 1. The second-order valence-electron chi connectivity index (χ2n) is 8.03. The van der Waals surface area contributed by atoms with Crippen molar-refractivity contribution in [3.63, 3.8) is 0 Å². The van der Waals surface area contributed by atoms with Crippen LogP contribution >= 0.6 is 0 Å². The highest BCUT2D eigenvalue weighted by Crippen LogP contribution is 2.24. The Morgan fingerprint density at radius 1 is 1.00 bits per heavy atom. The minimum atomic E-state index is -3.71. The van der Waals surface area contributed by atoms with Gasteiger partial charge in [0.25, 0.3) is 15.9 Å². The molecule has 1 fully saturated rings. The summed E-state index contributed by atoms with van der Waals surface area (Å²) >= 11 is 0. The molecule has 5 nitrogen and oxygen atoms in total. The highest BCUT2D eigenvalue weighted by molar-refractivity contribution is 7.92. The normalized spacial score (nSPS) is 20.1. The number of hydrogen-bond donors (Lipinski definition) is 1. The molecular weight excluding hydrogens is 372 g/mol. The number of anilines is 1. The number of hydrogen-bond acceptors (Lipinski definition) is 3. The molecule has 3 rings (SSSR count). The van der Waals surface area contributed by atoms with Crippen LogP contribution in [0.5, 0.6) is 0 Å². The number of nitrogens with one attached hydrogen (secondary N) is 1. The number of carbonyl (C=O) groups is 1. The molecule has 2 unspecified atom stereocenters. The fourth-order valence-electron chi connectivity index (χ4n) is 3.85. The van der Waals surface area contributed by atoms with Crippen LogP contribution in [0.15, 0.2) is 47.4 Å². The van der Waals surface area contributed by atoms with E-state index in [-0.39, 0.29) is 10.8 Å². The molecule has 1 N–H and O–H groups in total. The van der Waals surface area contributed by atoms with Gasteiger partial charge < -0.3 is 4.90 Å². The van der Waals surface area contributed by atoms with Crippen LogP contribution in [0, 0.1) is 25.7 Å². The van der Waals surface area contributed by atoms with E-state index >= 15 is 0 Å². The van der Waals surface area contributed by atoms with Gasteiger partial charge in [0.05, 0.1) is 10.6 Å². The number of likely N-dealkylation sites (tertiary alicyclic amines) is 1. The molecule has 0 saturated carbocycles. The number of aryl methyl sites for hydroxylation is 1. The summed E-state index contributed by atoms with van der Waals surface area (Å²) in [6.45, 7) is 9.63. The number of carbonyl (C=O) groups excluding carboxylic acids is 1. The van der Waals surface area contributed by atoms with Gasteiger partial charge in [-0.25, -0.2) is 8.42 Å². The van der Waals surface area contributed by atoms with Gasteiger partial charge in [-0.05, 0) is 73.6 Å². The van der Waals surface area contributed by atoms with Crippen LogP contribution in [-0.2, 0) is 10.0 Å². The third-order valence-corrected chi connectivity index (χ3v) is 6.80. The van der Waals surface area contributed by atoms with Crippen molar-refractivity contribution in [2.24, 2.45) is 11.8 Å². The summed E-state index contributed by atoms with van der Waals surface area (Å²) in [4.78, 5) is 14.8. The minimum Gasteiger partial charge on any atom is -0.338 e. The lowest BCUT2D eigenvalue weighted by molar-refractivity contribution is 0.0623. The molecular formula is C22H28N2O3S. The highest BCUT2D eigenvalue weighted by atomic mass is 32.2. The van der Waals surface area contributed by atoms with E-state index in [0.29, 0.717) is 23.1 Å². The van der Waals surface area contributed by atoms with Crippen molar-refractivity contribution < 1.29 is 13.2 Å². The molecule has 6 heteroatoms. The average Bonchev–Trinajstić information content (AvgIpc) is 2.64. The molecule has 1 amide bonds. The van der Waals surface area contributed by atoms with Crippen molar-refractivity contribution in [3.8, 4) is 0 Å². The summed E-state index contributed by atoms with van der Waals surface area (Å²) in [5.41, 5.74) is 3.00. The summed E-state index contributed by atoms with van der Waals surface area (Å²) in [6, 6.07) is 11.7. The van der Waals surface area contributed by atoms with Crippen LogP contribution in [0.25, 0.3) is 0 Å². The maximum Gasteiger partial charge on any atom is 0.261 e. The van der Waals surface area contributed by atoms with Crippen molar-refractivity contribution in [1.82, 2.24) is 4.90 Å².